The summed E-state index contributed by atoms with van der Waals surface area (Å²) in [4.78, 5) is 26.8. The molecule has 4 rings (SSSR count). The molecule has 1 aliphatic carbocycles. The first-order valence-electron chi connectivity index (χ1n) is 10.1. The van der Waals surface area contributed by atoms with Crippen molar-refractivity contribution < 1.29 is 14.7 Å². The van der Waals surface area contributed by atoms with E-state index in [0.29, 0.717) is 24.6 Å². The van der Waals surface area contributed by atoms with Crippen molar-refractivity contribution in [1.29, 1.82) is 0 Å². The van der Waals surface area contributed by atoms with Crippen LogP contribution in [0.1, 0.15) is 42.5 Å². The van der Waals surface area contributed by atoms with Gasteiger partial charge >= 0.3 is 0 Å². The van der Waals surface area contributed by atoms with Gasteiger partial charge in [0.1, 0.15) is 5.75 Å². The van der Waals surface area contributed by atoms with E-state index < -0.39 is 0 Å². The molecule has 1 aliphatic heterocycles. The van der Waals surface area contributed by atoms with Crippen molar-refractivity contribution in [2.24, 2.45) is 5.92 Å². The van der Waals surface area contributed by atoms with Crippen LogP contribution in [0.4, 0.5) is 0 Å². The van der Waals surface area contributed by atoms with E-state index in [-0.39, 0.29) is 23.5 Å². The quantitative estimate of drug-likeness (QED) is 0.835. The van der Waals surface area contributed by atoms with Gasteiger partial charge in [-0.1, -0.05) is 37.1 Å². The Labute approximate surface area is 165 Å². The van der Waals surface area contributed by atoms with Crippen molar-refractivity contribution in [3.8, 4) is 16.9 Å². The monoisotopic (exact) mass is 378 g/mol. The van der Waals surface area contributed by atoms with E-state index in [0.717, 1.165) is 30.5 Å². The number of phenolic OH excluding ortho intramolecular Hbond substituents is 1. The van der Waals surface area contributed by atoms with Crippen LogP contribution in [0.3, 0.4) is 0 Å². The van der Waals surface area contributed by atoms with Crippen molar-refractivity contribution in [3.63, 3.8) is 0 Å². The minimum absolute atomic E-state index is 0.107. The number of amides is 2. The number of hydrogen-bond acceptors (Lipinski definition) is 3. The molecule has 0 bridgehead atoms. The summed E-state index contributed by atoms with van der Waals surface area (Å²) in [5.74, 6) is 0.568. The zero-order valence-electron chi connectivity index (χ0n) is 15.9. The molecular formula is C23H26N2O3. The number of hydrogen-bond donors (Lipinski definition) is 2. The molecule has 1 heterocycles. The van der Waals surface area contributed by atoms with Gasteiger partial charge < -0.3 is 15.3 Å². The average Bonchev–Trinajstić information content (AvgIpc) is 3.36. The van der Waals surface area contributed by atoms with E-state index in [1.54, 1.807) is 12.1 Å². The molecule has 2 aromatic carbocycles. The molecule has 1 saturated carbocycles. The van der Waals surface area contributed by atoms with Gasteiger partial charge in [-0.2, -0.15) is 0 Å². The predicted molar refractivity (Wildman–Crippen MR) is 108 cm³/mol. The van der Waals surface area contributed by atoms with Gasteiger partial charge in [0, 0.05) is 37.0 Å². The summed E-state index contributed by atoms with van der Waals surface area (Å²) < 4.78 is 0. The summed E-state index contributed by atoms with van der Waals surface area (Å²) in [6.45, 7) is 1.30. The maximum Gasteiger partial charge on any atom is 0.251 e. The number of benzene rings is 2. The zero-order chi connectivity index (χ0) is 19.5. The molecule has 1 unspecified atom stereocenters. The summed E-state index contributed by atoms with van der Waals surface area (Å²) in [5, 5.41) is 12.4. The highest BCUT2D eigenvalue weighted by molar-refractivity contribution is 5.94. The highest BCUT2D eigenvalue weighted by Gasteiger charge is 2.35. The first-order chi connectivity index (χ1) is 13.6. The van der Waals surface area contributed by atoms with Gasteiger partial charge in [-0.05, 0) is 48.2 Å². The molecule has 5 nitrogen and oxygen atoms in total. The van der Waals surface area contributed by atoms with E-state index >= 15 is 0 Å². The average molecular weight is 378 g/mol. The van der Waals surface area contributed by atoms with Crippen LogP contribution in [0.25, 0.3) is 11.1 Å². The number of phenols is 1. The molecule has 2 fully saturated rings. The molecule has 28 heavy (non-hydrogen) atoms. The smallest absolute Gasteiger partial charge is 0.251 e. The van der Waals surface area contributed by atoms with Crippen LogP contribution in [-0.4, -0.2) is 41.0 Å². The molecule has 1 atom stereocenters. The summed E-state index contributed by atoms with van der Waals surface area (Å²) in [5.41, 5.74) is 2.59. The Kier molecular flexibility index (Phi) is 5.33. The Morgan fingerprint density at radius 1 is 1.00 bits per heavy atom. The second-order valence-corrected chi connectivity index (χ2v) is 7.89. The molecule has 0 radical (unpaired) electrons. The largest absolute Gasteiger partial charge is 0.508 e. The number of nitrogens with one attached hydrogen (secondary N) is 1. The third kappa shape index (κ3) is 4.03. The fourth-order valence-corrected chi connectivity index (χ4v) is 4.32. The Balaban J connectivity index is 1.31. The van der Waals surface area contributed by atoms with Crippen LogP contribution < -0.4 is 5.32 Å². The fraction of sp³-hybridized carbons (Fsp3) is 0.391. The highest BCUT2D eigenvalue weighted by atomic mass is 16.3. The van der Waals surface area contributed by atoms with Gasteiger partial charge in [-0.3, -0.25) is 9.59 Å². The van der Waals surface area contributed by atoms with E-state index in [1.165, 1.54) is 12.8 Å². The lowest BCUT2D eigenvalue weighted by Gasteiger charge is -2.24. The molecular weight excluding hydrogens is 352 g/mol. The topological polar surface area (TPSA) is 69.6 Å². The predicted octanol–water partition coefficient (Wildman–Crippen LogP) is 3.58. The summed E-state index contributed by atoms with van der Waals surface area (Å²) >= 11 is 0. The van der Waals surface area contributed by atoms with Crippen molar-refractivity contribution in [2.75, 3.05) is 13.1 Å². The third-order valence-electron chi connectivity index (χ3n) is 5.90. The standard InChI is InChI=1S/C23H26N2O3/c26-21-11-9-18(10-12-21)17-5-7-19(8-6-17)23(28)24-14-16-13-22(27)25(15-16)20-3-1-2-4-20/h5-12,16,20,26H,1-4,13-15H2,(H,24,28). The van der Waals surface area contributed by atoms with Crippen LogP contribution in [0.5, 0.6) is 5.75 Å². The van der Waals surface area contributed by atoms with Gasteiger partial charge in [0.25, 0.3) is 5.91 Å². The molecule has 2 amide bonds. The van der Waals surface area contributed by atoms with Crippen LogP contribution in [-0.2, 0) is 4.79 Å². The Morgan fingerprint density at radius 2 is 1.61 bits per heavy atom. The Morgan fingerprint density at radius 3 is 2.25 bits per heavy atom. The van der Waals surface area contributed by atoms with Crippen LogP contribution in [0.2, 0.25) is 0 Å². The summed E-state index contributed by atoms with van der Waals surface area (Å²) in [7, 11) is 0. The maximum atomic E-state index is 12.5. The zero-order valence-corrected chi connectivity index (χ0v) is 15.9. The maximum absolute atomic E-state index is 12.5. The number of likely N-dealkylation sites (tertiary alicyclic amines) is 1. The van der Waals surface area contributed by atoms with Crippen molar-refractivity contribution in [2.45, 2.75) is 38.1 Å². The summed E-state index contributed by atoms with van der Waals surface area (Å²) in [6, 6.07) is 14.8. The minimum atomic E-state index is -0.107. The third-order valence-corrected chi connectivity index (χ3v) is 5.90. The molecule has 1 saturated heterocycles. The molecule has 2 N–H and O–H groups in total. The lowest BCUT2D eigenvalue weighted by Crippen LogP contribution is -2.36. The normalized spacial score (nSPS) is 19.9. The van der Waals surface area contributed by atoms with Crippen LogP contribution >= 0.6 is 0 Å². The molecule has 146 valence electrons. The second-order valence-electron chi connectivity index (χ2n) is 7.89. The van der Waals surface area contributed by atoms with Gasteiger partial charge in [0.15, 0.2) is 0 Å². The number of carbonyl (C=O) groups is 2. The second kappa shape index (κ2) is 8.05. The number of carbonyl (C=O) groups excluding carboxylic acids is 2. The van der Waals surface area contributed by atoms with Crippen molar-refractivity contribution >= 4 is 11.8 Å². The van der Waals surface area contributed by atoms with Crippen LogP contribution in [0.15, 0.2) is 48.5 Å². The van der Waals surface area contributed by atoms with Gasteiger partial charge in [0.05, 0.1) is 0 Å². The van der Waals surface area contributed by atoms with Gasteiger partial charge in [-0.25, -0.2) is 0 Å². The van der Waals surface area contributed by atoms with E-state index in [1.807, 2.05) is 41.3 Å². The minimum Gasteiger partial charge on any atom is -0.508 e. The van der Waals surface area contributed by atoms with Gasteiger partial charge in [0.2, 0.25) is 5.91 Å². The van der Waals surface area contributed by atoms with Crippen molar-refractivity contribution in [3.05, 3.63) is 54.1 Å². The number of nitrogens with zero attached hydrogens (tertiary/aromatic N) is 1. The SMILES string of the molecule is O=C(NCC1CC(=O)N(C2CCCC2)C1)c1ccc(-c2ccc(O)cc2)cc1. The first-order valence-corrected chi connectivity index (χ1v) is 10.1. The van der Waals surface area contributed by atoms with Gasteiger partial charge in [-0.15, -0.1) is 0 Å². The molecule has 5 heteroatoms. The summed E-state index contributed by atoms with van der Waals surface area (Å²) in [6.07, 6.45) is 5.22. The number of rotatable bonds is 5. The molecule has 0 aromatic heterocycles. The lowest BCUT2D eigenvalue weighted by atomic mass is 10.0. The highest BCUT2D eigenvalue weighted by Crippen LogP contribution is 2.29. The van der Waals surface area contributed by atoms with Crippen LogP contribution in [0, 0.1) is 5.92 Å². The Hall–Kier alpha value is -2.82. The first kappa shape index (κ1) is 18.5. The van der Waals surface area contributed by atoms with E-state index in [4.69, 9.17) is 0 Å². The lowest BCUT2D eigenvalue weighted by molar-refractivity contribution is -0.129. The fourth-order valence-electron chi connectivity index (χ4n) is 4.32. The molecule has 0 spiro atoms. The van der Waals surface area contributed by atoms with E-state index in [9.17, 15) is 14.7 Å². The Bertz CT molecular complexity index is 839. The van der Waals surface area contributed by atoms with E-state index in [2.05, 4.69) is 5.32 Å². The van der Waals surface area contributed by atoms with Crippen molar-refractivity contribution in [1.82, 2.24) is 10.2 Å². The molecule has 2 aliphatic rings. The molecule has 2 aromatic rings. The number of aromatic hydroxyl groups is 1.